The zero-order chi connectivity index (χ0) is 15.8. The summed E-state index contributed by atoms with van der Waals surface area (Å²) in [5.41, 5.74) is 5.94. The summed E-state index contributed by atoms with van der Waals surface area (Å²) in [4.78, 5) is 14.5. The van der Waals surface area contributed by atoms with E-state index in [9.17, 15) is 4.79 Å². The van der Waals surface area contributed by atoms with Crippen LogP contribution in [0, 0.1) is 11.8 Å². The normalized spacial score (nSPS) is 19.8. The molecule has 3 N–H and O–H groups in total. The Bertz CT molecular complexity index is 302. The van der Waals surface area contributed by atoms with Crippen LogP contribution in [0.25, 0.3) is 0 Å². The maximum absolute atomic E-state index is 12.1. The van der Waals surface area contributed by atoms with Crippen LogP contribution in [-0.2, 0) is 9.53 Å². The van der Waals surface area contributed by atoms with Crippen LogP contribution in [0.5, 0.6) is 0 Å². The average molecular weight is 299 g/mol. The first kappa shape index (κ1) is 18.4. The highest BCUT2D eigenvalue weighted by molar-refractivity contribution is 5.81. The summed E-state index contributed by atoms with van der Waals surface area (Å²) in [7, 11) is 0. The Balaban J connectivity index is 2.46. The zero-order valence-electron chi connectivity index (χ0n) is 14.1. The molecule has 0 spiro atoms. The van der Waals surface area contributed by atoms with Crippen LogP contribution in [0.15, 0.2) is 0 Å². The van der Waals surface area contributed by atoms with Crippen molar-refractivity contribution in [2.75, 3.05) is 32.8 Å². The van der Waals surface area contributed by atoms with Gasteiger partial charge in [-0.15, -0.1) is 0 Å². The molecule has 0 radical (unpaired) electrons. The van der Waals surface area contributed by atoms with Crippen LogP contribution in [0.1, 0.15) is 40.5 Å². The molecule has 124 valence electrons. The largest absolute Gasteiger partial charge is 0.379 e. The molecule has 1 aliphatic rings. The van der Waals surface area contributed by atoms with Crippen molar-refractivity contribution in [2.24, 2.45) is 17.6 Å². The number of nitrogens with one attached hydrogen (secondary N) is 1. The summed E-state index contributed by atoms with van der Waals surface area (Å²) >= 11 is 0. The summed E-state index contributed by atoms with van der Waals surface area (Å²) in [5, 5.41) is 3.04. The van der Waals surface area contributed by atoms with Gasteiger partial charge in [-0.1, -0.05) is 27.7 Å². The fraction of sp³-hybridized carbons (Fsp3) is 0.938. The zero-order valence-corrected chi connectivity index (χ0v) is 14.1. The van der Waals surface area contributed by atoms with Crippen molar-refractivity contribution < 1.29 is 9.53 Å². The van der Waals surface area contributed by atoms with Crippen molar-refractivity contribution in [1.82, 2.24) is 10.2 Å². The van der Waals surface area contributed by atoms with E-state index >= 15 is 0 Å². The predicted molar refractivity (Wildman–Crippen MR) is 86.1 cm³/mol. The Morgan fingerprint density at radius 1 is 1.14 bits per heavy atom. The number of rotatable bonds is 8. The fourth-order valence-electron chi connectivity index (χ4n) is 2.81. The van der Waals surface area contributed by atoms with Gasteiger partial charge in [-0.2, -0.15) is 0 Å². The summed E-state index contributed by atoms with van der Waals surface area (Å²) in [6, 6.07) is -0.0153. The van der Waals surface area contributed by atoms with Crippen molar-refractivity contribution in [3.8, 4) is 0 Å². The molecule has 0 bridgehead atoms. The fourth-order valence-corrected chi connectivity index (χ4v) is 2.81. The van der Waals surface area contributed by atoms with Crippen LogP contribution >= 0.6 is 0 Å². The Kier molecular flexibility index (Phi) is 8.22. The lowest BCUT2D eigenvalue weighted by molar-refractivity contribution is -0.123. The molecule has 1 saturated heterocycles. The van der Waals surface area contributed by atoms with E-state index in [1.807, 2.05) is 0 Å². The van der Waals surface area contributed by atoms with Gasteiger partial charge in [-0.25, -0.2) is 0 Å². The second kappa shape index (κ2) is 9.38. The summed E-state index contributed by atoms with van der Waals surface area (Å²) in [5.74, 6) is 1.03. The Labute approximate surface area is 129 Å². The van der Waals surface area contributed by atoms with Gasteiger partial charge in [0, 0.05) is 25.7 Å². The lowest BCUT2D eigenvalue weighted by Crippen LogP contribution is -2.51. The van der Waals surface area contributed by atoms with Crippen molar-refractivity contribution in [3.63, 3.8) is 0 Å². The minimum absolute atomic E-state index is 0.0225. The summed E-state index contributed by atoms with van der Waals surface area (Å²) in [6.07, 6.45) is 1.82. The topological polar surface area (TPSA) is 67.6 Å². The van der Waals surface area contributed by atoms with Crippen LogP contribution in [0.4, 0.5) is 0 Å². The van der Waals surface area contributed by atoms with Crippen LogP contribution in [0.2, 0.25) is 0 Å². The van der Waals surface area contributed by atoms with E-state index < -0.39 is 6.04 Å². The molecule has 5 nitrogen and oxygen atoms in total. The molecule has 1 fully saturated rings. The molecule has 2 atom stereocenters. The summed E-state index contributed by atoms with van der Waals surface area (Å²) in [6.45, 7) is 12.8. The third kappa shape index (κ3) is 7.25. The van der Waals surface area contributed by atoms with Crippen LogP contribution < -0.4 is 11.1 Å². The van der Waals surface area contributed by atoms with E-state index in [1.54, 1.807) is 0 Å². The van der Waals surface area contributed by atoms with E-state index in [1.165, 1.54) is 0 Å². The Hall–Kier alpha value is -0.650. The predicted octanol–water partition coefficient (Wildman–Crippen LogP) is 1.22. The first-order valence-electron chi connectivity index (χ1n) is 8.25. The third-order valence-corrected chi connectivity index (χ3v) is 3.88. The molecule has 1 rings (SSSR count). The first-order valence-corrected chi connectivity index (χ1v) is 8.25. The minimum atomic E-state index is -0.394. The summed E-state index contributed by atoms with van der Waals surface area (Å²) < 4.78 is 5.41. The molecule has 21 heavy (non-hydrogen) atoms. The lowest BCUT2D eigenvalue weighted by atomic mass is 10.0. The van der Waals surface area contributed by atoms with Crippen molar-refractivity contribution in [2.45, 2.75) is 52.6 Å². The second-order valence-electron chi connectivity index (χ2n) is 6.91. The highest BCUT2D eigenvalue weighted by Crippen LogP contribution is 2.13. The Morgan fingerprint density at radius 3 is 2.24 bits per heavy atom. The molecule has 1 amide bonds. The SMILES string of the molecule is CC(C)CC(CNC(=O)[C@@H](N)CC(C)C)N1CCOCC1. The number of morpholine rings is 1. The minimum Gasteiger partial charge on any atom is -0.379 e. The van der Waals surface area contributed by atoms with Gasteiger partial charge in [0.2, 0.25) is 5.91 Å². The highest BCUT2D eigenvalue weighted by atomic mass is 16.5. The molecular formula is C16H33N3O2. The number of ether oxygens (including phenoxy) is 1. The van der Waals surface area contributed by atoms with Gasteiger partial charge in [-0.05, 0) is 24.7 Å². The molecular weight excluding hydrogens is 266 g/mol. The van der Waals surface area contributed by atoms with Crippen molar-refractivity contribution in [3.05, 3.63) is 0 Å². The standard InChI is InChI=1S/C16H33N3O2/c1-12(2)9-14(19-5-7-21-8-6-19)11-18-16(20)15(17)10-13(3)4/h12-15H,5-11,17H2,1-4H3,(H,18,20)/t14?,15-/m0/s1. The number of hydrogen-bond acceptors (Lipinski definition) is 4. The van der Waals surface area contributed by atoms with Crippen LogP contribution in [-0.4, -0.2) is 55.7 Å². The number of hydrogen-bond donors (Lipinski definition) is 2. The van der Waals surface area contributed by atoms with E-state index in [-0.39, 0.29) is 5.91 Å². The smallest absolute Gasteiger partial charge is 0.236 e. The van der Waals surface area contributed by atoms with E-state index in [4.69, 9.17) is 10.5 Å². The van der Waals surface area contributed by atoms with E-state index in [2.05, 4.69) is 37.9 Å². The highest BCUT2D eigenvalue weighted by Gasteiger charge is 2.23. The van der Waals surface area contributed by atoms with Crippen molar-refractivity contribution in [1.29, 1.82) is 0 Å². The average Bonchev–Trinajstić information content (AvgIpc) is 2.42. The van der Waals surface area contributed by atoms with Gasteiger partial charge in [0.15, 0.2) is 0 Å². The first-order chi connectivity index (χ1) is 9.90. The second-order valence-corrected chi connectivity index (χ2v) is 6.91. The molecule has 5 heteroatoms. The van der Waals surface area contributed by atoms with Crippen molar-refractivity contribution >= 4 is 5.91 Å². The van der Waals surface area contributed by atoms with E-state index in [0.717, 1.165) is 39.1 Å². The molecule has 1 unspecified atom stereocenters. The van der Waals surface area contributed by atoms with Gasteiger partial charge in [0.25, 0.3) is 0 Å². The Morgan fingerprint density at radius 2 is 1.71 bits per heavy atom. The van der Waals surface area contributed by atoms with Gasteiger partial charge >= 0.3 is 0 Å². The quantitative estimate of drug-likeness (QED) is 0.707. The molecule has 0 aromatic carbocycles. The molecule has 1 aliphatic heterocycles. The maximum atomic E-state index is 12.1. The number of carbonyl (C=O) groups is 1. The third-order valence-electron chi connectivity index (χ3n) is 3.88. The number of carbonyl (C=O) groups excluding carboxylic acids is 1. The van der Waals surface area contributed by atoms with Gasteiger partial charge in [0.1, 0.15) is 0 Å². The molecule has 0 aromatic heterocycles. The number of nitrogens with zero attached hydrogens (tertiary/aromatic N) is 1. The number of nitrogens with two attached hydrogens (primary N) is 1. The molecule has 0 aromatic rings. The molecule has 0 saturated carbocycles. The van der Waals surface area contributed by atoms with Gasteiger partial charge in [0.05, 0.1) is 19.3 Å². The maximum Gasteiger partial charge on any atom is 0.236 e. The lowest BCUT2D eigenvalue weighted by Gasteiger charge is -2.35. The van der Waals surface area contributed by atoms with Crippen LogP contribution in [0.3, 0.4) is 0 Å². The van der Waals surface area contributed by atoms with E-state index in [0.29, 0.717) is 24.4 Å². The van der Waals surface area contributed by atoms with Gasteiger partial charge < -0.3 is 15.8 Å². The monoisotopic (exact) mass is 299 g/mol. The number of amides is 1. The molecule has 1 heterocycles. The molecule has 0 aliphatic carbocycles. The van der Waals surface area contributed by atoms with Gasteiger partial charge in [-0.3, -0.25) is 9.69 Å².